The average Bonchev–Trinajstić information content (AvgIpc) is 2.70. The van der Waals surface area contributed by atoms with Crippen LogP contribution in [-0.2, 0) is 17.8 Å². The van der Waals surface area contributed by atoms with Gasteiger partial charge in [0.05, 0.1) is 0 Å². The zero-order valence-corrected chi connectivity index (χ0v) is 16.2. The van der Waals surface area contributed by atoms with Gasteiger partial charge in [-0.3, -0.25) is 9.69 Å². The summed E-state index contributed by atoms with van der Waals surface area (Å²) >= 11 is 0. The van der Waals surface area contributed by atoms with E-state index in [1.165, 1.54) is 18.1 Å². The highest BCUT2D eigenvalue weighted by Crippen LogP contribution is 2.36. The van der Waals surface area contributed by atoms with Crippen LogP contribution in [0.3, 0.4) is 0 Å². The zero-order valence-electron chi connectivity index (χ0n) is 16.2. The molecule has 2 aromatic carbocycles. The zero-order chi connectivity index (χ0) is 19.1. The number of carbonyl (C=O) groups excluding carboxylic acids is 1. The first-order valence-corrected chi connectivity index (χ1v) is 9.82. The summed E-state index contributed by atoms with van der Waals surface area (Å²) in [7, 11) is 0. The molecule has 0 saturated carbocycles. The molecule has 0 aliphatic carbocycles. The number of benzene rings is 2. The Kier molecular flexibility index (Phi) is 6.64. The number of carbonyl (C=O) groups is 1. The molecule has 4 heteroatoms. The fourth-order valence-corrected chi connectivity index (χ4v) is 3.88. The Hall–Kier alpha value is -2.17. The SMILES string of the molecule is CC(=O)Nc1ccc(CN2CCC(CO)(CCc3ccccc3)CC2)cc1. The van der Waals surface area contributed by atoms with E-state index in [2.05, 4.69) is 46.6 Å². The molecular weight excluding hydrogens is 336 g/mol. The standard InChI is InChI=1S/C23H30N2O2/c1-19(27)24-22-9-7-21(8-10-22)17-25-15-13-23(18-26,14-16-25)12-11-20-5-3-2-4-6-20/h2-10,26H,11-18H2,1H3,(H,24,27). The van der Waals surface area contributed by atoms with E-state index in [0.717, 1.165) is 51.0 Å². The Balaban J connectivity index is 1.50. The summed E-state index contributed by atoms with van der Waals surface area (Å²) in [4.78, 5) is 13.6. The van der Waals surface area contributed by atoms with Crippen LogP contribution < -0.4 is 5.32 Å². The fourth-order valence-electron chi connectivity index (χ4n) is 3.88. The van der Waals surface area contributed by atoms with Crippen LogP contribution in [0.5, 0.6) is 0 Å². The lowest BCUT2D eigenvalue weighted by molar-refractivity contribution is -0.114. The first-order valence-electron chi connectivity index (χ1n) is 9.82. The molecule has 4 nitrogen and oxygen atoms in total. The van der Waals surface area contributed by atoms with Gasteiger partial charge in [-0.15, -0.1) is 0 Å². The van der Waals surface area contributed by atoms with Gasteiger partial charge in [0.15, 0.2) is 0 Å². The molecule has 0 bridgehead atoms. The van der Waals surface area contributed by atoms with Gasteiger partial charge in [0.2, 0.25) is 5.91 Å². The highest BCUT2D eigenvalue weighted by molar-refractivity contribution is 5.88. The van der Waals surface area contributed by atoms with Gasteiger partial charge in [0.25, 0.3) is 0 Å². The second-order valence-electron chi connectivity index (χ2n) is 7.80. The molecule has 144 valence electrons. The number of anilines is 1. The number of amides is 1. The summed E-state index contributed by atoms with van der Waals surface area (Å²) in [5, 5.41) is 12.8. The summed E-state index contributed by atoms with van der Waals surface area (Å²) in [5.41, 5.74) is 3.50. The molecule has 0 radical (unpaired) electrons. The summed E-state index contributed by atoms with van der Waals surface area (Å²) in [6.45, 7) is 4.75. The molecule has 27 heavy (non-hydrogen) atoms. The first-order chi connectivity index (χ1) is 13.1. The van der Waals surface area contributed by atoms with Gasteiger partial charge in [-0.05, 0) is 67.4 Å². The molecule has 1 fully saturated rings. The lowest BCUT2D eigenvalue weighted by Gasteiger charge is -2.41. The number of nitrogens with one attached hydrogen (secondary N) is 1. The molecule has 1 aliphatic rings. The van der Waals surface area contributed by atoms with E-state index in [9.17, 15) is 9.90 Å². The molecule has 3 rings (SSSR count). The molecule has 0 spiro atoms. The third kappa shape index (κ3) is 5.65. The van der Waals surface area contributed by atoms with E-state index in [4.69, 9.17) is 0 Å². The predicted molar refractivity (Wildman–Crippen MR) is 110 cm³/mol. The van der Waals surface area contributed by atoms with Crippen molar-refractivity contribution in [2.24, 2.45) is 5.41 Å². The van der Waals surface area contributed by atoms with Crippen LogP contribution in [0, 0.1) is 5.41 Å². The molecule has 1 amide bonds. The van der Waals surface area contributed by atoms with E-state index in [1.54, 1.807) is 0 Å². The Morgan fingerprint density at radius 3 is 2.30 bits per heavy atom. The first kappa shape index (κ1) is 19.6. The number of aliphatic hydroxyl groups excluding tert-OH is 1. The van der Waals surface area contributed by atoms with E-state index in [0.29, 0.717) is 0 Å². The number of rotatable bonds is 7. The van der Waals surface area contributed by atoms with Gasteiger partial charge >= 0.3 is 0 Å². The minimum absolute atomic E-state index is 0.0466. The van der Waals surface area contributed by atoms with Crippen molar-refractivity contribution in [1.82, 2.24) is 4.90 Å². The number of hydrogen-bond acceptors (Lipinski definition) is 3. The maximum absolute atomic E-state index is 11.1. The quantitative estimate of drug-likeness (QED) is 0.782. The van der Waals surface area contributed by atoms with Gasteiger partial charge in [0.1, 0.15) is 0 Å². The second kappa shape index (κ2) is 9.16. The number of aliphatic hydroxyl groups is 1. The van der Waals surface area contributed by atoms with E-state index < -0.39 is 0 Å². The Morgan fingerprint density at radius 1 is 1.04 bits per heavy atom. The van der Waals surface area contributed by atoms with Gasteiger partial charge in [-0.2, -0.15) is 0 Å². The molecule has 1 aliphatic heterocycles. The van der Waals surface area contributed by atoms with Gasteiger partial charge < -0.3 is 10.4 Å². The van der Waals surface area contributed by atoms with E-state index >= 15 is 0 Å². The van der Waals surface area contributed by atoms with Crippen LogP contribution in [0.4, 0.5) is 5.69 Å². The molecule has 1 saturated heterocycles. The molecule has 2 aromatic rings. The normalized spacial score (nSPS) is 16.8. The summed E-state index contributed by atoms with van der Waals surface area (Å²) in [5.74, 6) is -0.0466. The van der Waals surface area contributed by atoms with Gasteiger partial charge in [-0.1, -0.05) is 42.5 Å². The van der Waals surface area contributed by atoms with Crippen LogP contribution in [0.15, 0.2) is 54.6 Å². The summed E-state index contributed by atoms with van der Waals surface area (Å²) in [6, 6.07) is 18.6. The highest BCUT2D eigenvalue weighted by Gasteiger charge is 2.33. The molecule has 0 atom stereocenters. The highest BCUT2D eigenvalue weighted by atomic mass is 16.3. The third-order valence-corrected chi connectivity index (χ3v) is 5.72. The lowest BCUT2D eigenvalue weighted by atomic mass is 9.75. The van der Waals surface area contributed by atoms with E-state index in [-0.39, 0.29) is 17.9 Å². The Morgan fingerprint density at radius 2 is 1.70 bits per heavy atom. The topological polar surface area (TPSA) is 52.6 Å². The molecule has 0 aromatic heterocycles. The van der Waals surface area contributed by atoms with Crippen LogP contribution in [-0.4, -0.2) is 35.6 Å². The van der Waals surface area contributed by atoms with Crippen LogP contribution in [0.2, 0.25) is 0 Å². The van der Waals surface area contributed by atoms with Crippen molar-refractivity contribution in [3.63, 3.8) is 0 Å². The van der Waals surface area contributed by atoms with Crippen molar-refractivity contribution < 1.29 is 9.90 Å². The number of likely N-dealkylation sites (tertiary alicyclic amines) is 1. The molecule has 2 N–H and O–H groups in total. The van der Waals surface area contributed by atoms with Crippen molar-refractivity contribution in [3.8, 4) is 0 Å². The lowest BCUT2D eigenvalue weighted by Crippen LogP contribution is -2.41. The van der Waals surface area contributed by atoms with Crippen molar-refractivity contribution in [2.75, 3.05) is 25.0 Å². The summed E-state index contributed by atoms with van der Waals surface area (Å²) in [6.07, 6.45) is 4.17. The maximum atomic E-state index is 11.1. The smallest absolute Gasteiger partial charge is 0.221 e. The summed E-state index contributed by atoms with van der Waals surface area (Å²) < 4.78 is 0. The molecule has 0 unspecified atom stereocenters. The van der Waals surface area contributed by atoms with Crippen molar-refractivity contribution in [1.29, 1.82) is 0 Å². The minimum atomic E-state index is -0.0466. The van der Waals surface area contributed by atoms with Crippen molar-refractivity contribution >= 4 is 11.6 Å². The number of nitrogens with zero attached hydrogens (tertiary/aromatic N) is 1. The van der Waals surface area contributed by atoms with Gasteiger partial charge in [0, 0.05) is 25.8 Å². The Bertz CT molecular complexity index is 720. The van der Waals surface area contributed by atoms with Crippen LogP contribution in [0.1, 0.15) is 37.3 Å². The maximum Gasteiger partial charge on any atom is 0.221 e. The van der Waals surface area contributed by atoms with Crippen molar-refractivity contribution in [3.05, 3.63) is 65.7 Å². The van der Waals surface area contributed by atoms with Gasteiger partial charge in [-0.25, -0.2) is 0 Å². The Labute approximate surface area is 162 Å². The number of aryl methyl sites for hydroxylation is 1. The van der Waals surface area contributed by atoms with Crippen LogP contribution >= 0.6 is 0 Å². The van der Waals surface area contributed by atoms with Crippen molar-refractivity contribution in [2.45, 2.75) is 39.2 Å². The largest absolute Gasteiger partial charge is 0.396 e. The monoisotopic (exact) mass is 366 g/mol. The molecule has 1 heterocycles. The third-order valence-electron chi connectivity index (χ3n) is 5.72. The minimum Gasteiger partial charge on any atom is -0.396 e. The molecular formula is C23H30N2O2. The fraction of sp³-hybridized carbons (Fsp3) is 0.435. The van der Waals surface area contributed by atoms with Crippen LogP contribution in [0.25, 0.3) is 0 Å². The van der Waals surface area contributed by atoms with E-state index in [1.807, 2.05) is 18.2 Å². The average molecular weight is 367 g/mol. The number of piperidine rings is 1. The predicted octanol–water partition coefficient (Wildman–Crippen LogP) is 3.85. The number of hydrogen-bond donors (Lipinski definition) is 2. The second-order valence-corrected chi connectivity index (χ2v) is 7.80.